The van der Waals surface area contributed by atoms with Crippen LogP contribution in [0.1, 0.15) is 11.9 Å². The van der Waals surface area contributed by atoms with E-state index in [1.807, 2.05) is 0 Å². The van der Waals surface area contributed by atoms with E-state index >= 15 is 0 Å². The Balaban J connectivity index is 2.96. The molecule has 0 fully saturated rings. The second-order valence-electron chi connectivity index (χ2n) is 3.68. The molecule has 0 spiro atoms. The van der Waals surface area contributed by atoms with E-state index in [4.69, 9.17) is 10.2 Å². The largest absolute Gasteiger partial charge is 0.394 e. The third-order valence-electron chi connectivity index (χ3n) is 1.94. The Morgan fingerprint density at radius 2 is 2.06 bits per heavy atom. The Bertz CT molecular complexity index is 450. The molecule has 0 aromatic carbocycles. The van der Waals surface area contributed by atoms with E-state index in [0.29, 0.717) is 5.01 Å². The van der Waals surface area contributed by atoms with Crippen LogP contribution in [0.2, 0.25) is 0 Å². The second-order valence-corrected chi connectivity index (χ2v) is 6.82. The maximum absolute atomic E-state index is 11.8. The van der Waals surface area contributed by atoms with Crippen LogP contribution in [0.15, 0.2) is 10.4 Å². The molecule has 8 heteroatoms. The van der Waals surface area contributed by atoms with Gasteiger partial charge in [-0.25, -0.2) is 13.4 Å². The highest BCUT2D eigenvalue weighted by atomic mass is 32.2. The van der Waals surface area contributed by atoms with Gasteiger partial charge in [-0.05, 0) is 13.8 Å². The second kappa shape index (κ2) is 4.76. The van der Waals surface area contributed by atoms with E-state index in [9.17, 15) is 8.42 Å². The van der Waals surface area contributed by atoms with Crippen molar-refractivity contribution in [2.45, 2.75) is 23.6 Å². The number of aliphatic hydroxyl groups is 2. The lowest BCUT2D eigenvalue weighted by Crippen LogP contribution is -2.51. The number of aliphatic hydroxyl groups excluding tert-OH is 2. The quantitative estimate of drug-likeness (QED) is 0.665. The van der Waals surface area contributed by atoms with Crippen molar-refractivity contribution in [2.75, 3.05) is 13.2 Å². The molecule has 0 radical (unpaired) electrons. The third-order valence-corrected chi connectivity index (χ3v) is 4.96. The van der Waals surface area contributed by atoms with Gasteiger partial charge in [0.2, 0.25) is 0 Å². The molecule has 0 unspecified atom stereocenters. The van der Waals surface area contributed by atoms with E-state index in [1.165, 1.54) is 13.1 Å². The summed E-state index contributed by atoms with van der Waals surface area (Å²) in [5.74, 6) is 0. The first-order chi connectivity index (χ1) is 7.33. The summed E-state index contributed by atoms with van der Waals surface area (Å²) in [5, 5.41) is 18.6. The number of aromatic nitrogens is 1. The van der Waals surface area contributed by atoms with Gasteiger partial charge in [-0.1, -0.05) is 0 Å². The summed E-state index contributed by atoms with van der Waals surface area (Å²) >= 11 is 1.03. The van der Waals surface area contributed by atoms with Crippen molar-refractivity contribution < 1.29 is 18.6 Å². The summed E-state index contributed by atoms with van der Waals surface area (Å²) in [4.78, 5) is 3.84. The van der Waals surface area contributed by atoms with Gasteiger partial charge in [-0.3, -0.25) is 0 Å². The molecule has 0 bridgehead atoms. The minimum absolute atomic E-state index is 0.0677. The van der Waals surface area contributed by atoms with Gasteiger partial charge in [-0.2, -0.15) is 4.72 Å². The number of hydrogen-bond acceptors (Lipinski definition) is 6. The summed E-state index contributed by atoms with van der Waals surface area (Å²) in [6, 6.07) is 0. The van der Waals surface area contributed by atoms with E-state index in [2.05, 4.69) is 9.71 Å². The summed E-state index contributed by atoms with van der Waals surface area (Å²) in [7, 11) is -3.74. The zero-order valence-electron chi connectivity index (χ0n) is 8.97. The van der Waals surface area contributed by atoms with Gasteiger partial charge in [0.15, 0.2) is 4.21 Å². The van der Waals surface area contributed by atoms with Crippen LogP contribution in [0.5, 0.6) is 0 Å². The number of thiazole rings is 1. The Kier molecular flexibility index (Phi) is 4.02. The summed E-state index contributed by atoms with van der Waals surface area (Å²) in [5.41, 5.74) is -1.27. The highest BCUT2D eigenvalue weighted by Crippen LogP contribution is 2.19. The lowest BCUT2D eigenvalue weighted by molar-refractivity contribution is 0.122. The summed E-state index contributed by atoms with van der Waals surface area (Å²) in [6.45, 7) is 2.14. The molecule has 0 aliphatic rings. The number of sulfonamides is 1. The Labute approximate surface area is 98.0 Å². The van der Waals surface area contributed by atoms with Crippen LogP contribution in [-0.2, 0) is 10.0 Å². The van der Waals surface area contributed by atoms with Crippen LogP contribution in [0.25, 0.3) is 0 Å². The third kappa shape index (κ3) is 2.98. The number of rotatable bonds is 5. The first-order valence-corrected chi connectivity index (χ1v) is 6.81. The molecular weight excluding hydrogens is 252 g/mol. The highest BCUT2D eigenvalue weighted by molar-refractivity contribution is 7.91. The Morgan fingerprint density at radius 1 is 1.50 bits per heavy atom. The highest BCUT2D eigenvalue weighted by Gasteiger charge is 2.30. The molecule has 0 aliphatic carbocycles. The van der Waals surface area contributed by atoms with Crippen LogP contribution in [0.4, 0.5) is 0 Å². The number of nitrogens with one attached hydrogen (secondary N) is 1. The first kappa shape index (κ1) is 13.5. The normalized spacial score (nSPS) is 13.0. The van der Waals surface area contributed by atoms with Gasteiger partial charge < -0.3 is 10.2 Å². The molecule has 0 saturated carbocycles. The van der Waals surface area contributed by atoms with Gasteiger partial charge in [0.1, 0.15) is 0 Å². The van der Waals surface area contributed by atoms with Gasteiger partial charge in [0.05, 0.1) is 30.0 Å². The number of hydrogen-bond donors (Lipinski definition) is 3. The minimum Gasteiger partial charge on any atom is -0.394 e. The summed E-state index contributed by atoms with van der Waals surface area (Å²) in [6.07, 6.45) is 1.25. The first-order valence-electron chi connectivity index (χ1n) is 4.51. The molecule has 6 nitrogen and oxygen atoms in total. The van der Waals surface area contributed by atoms with Crippen molar-refractivity contribution in [3.8, 4) is 0 Å². The fourth-order valence-electron chi connectivity index (χ4n) is 0.955. The predicted molar refractivity (Wildman–Crippen MR) is 59.7 cm³/mol. The van der Waals surface area contributed by atoms with Gasteiger partial charge in [-0.15, -0.1) is 11.3 Å². The molecule has 3 N–H and O–H groups in total. The lowest BCUT2D eigenvalue weighted by Gasteiger charge is -2.25. The fourth-order valence-corrected chi connectivity index (χ4v) is 3.45. The van der Waals surface area contributed by atoms with Crippen molar-refractivity contribution in [3.05, 3.63) is 11.2 Å². The topological polar surface area (TPSA) is 99.5 Å². The van der Waals surface area contributed by atoms with E-state index in [0.717, 1.165) is 11.3 Å². The Morgan fingerprint density at radius 3 is 2.44 bits per heavy atom. The monoisotopic (exact) mass is 266 g/mol. The van der Waals surface area contributed by atoms with E-state index in [1.54, 1.807) is 6.92 Å². The zero-order chi connectivity index (χ0) is 12.4. The standard InChI is InChI=1S/C8H14N2O4S2/c1-6-9-3-7(15-6)16(13,14)10-8(2,4-11)5-12/h3,10-12H,4-5H2,1-2H3. The molecule has 16 heavy (non-hydrogen) atoms. The molecule has 1 rings (SSSR count). The Hall–Kier alpha value is -0.540. The average molecular weight is 266 g/mol. The van der Waals surface area contributed by atoms with Crippen LogP contribution in [0.3, 0.4) is 0 Å². The maximum Gasteiger partial charge on any atom is 0.252 e. The zero-order valence-corrected chi connectivity index (χ0v) is 10.6. The molecule has 92 valence electrons. The van der Waals surface area contributed by atoms with Crippen molar-refractivity contribution >= 4 is 21.4 Å². The van der Waals surface area contributed by atoms with Gasteiger partial charge in [0, 0.05) is 0 Å². The minimum atomic E-state index is -3.74. The SMILES string of the molecule is Cc1ncc(S(=O)(=O)NC(C)(CO)CO)s1. The molecule has 0 saturated heterocycles. The molecular formula is C8H14N2O4S2. The fraction of sp³-hybridized carbons (Fsp3) is 0.625. The molecule has 1 aromatic heterocycles. The van der Waals surface area contributed by atoms with E-state index in [-0.39, 0.29) is 4.21 Å². The van der Waals surface area contributed by atoms with E-state index < -0.39 is 28.8 Å². The van der Waals surface area contributed by atoms with Crippen molar-refractivity contribution in [2.24, 2.45) is 0 Å². The smallest absolute Gasteiger partial charge is 0.252 e. The van der Waals surface area contributed by atoms with Crippen molar-refractivity contribution in [3.63, 3.8) is 0 Å². The molecule has 0 atom stereocenters. The van der Waals surface area contributed by atoms with Crippen LogP contribution >= 0.6 is 11.3 Å². The average Bonchev–Trinajstić information content (AvgIpc) is 2.65. The number of nitrogens with zero attached hydrogens (tertiary/aromatic N) is 1. The lowest BCUT2D eigenvalue weighted by atomic mass is 10.1. The van der Waals surface area contributed by atoms with Crippen LogP contribution in [0, 0.1) is 6.92 Å². The van der Waals surface area contributed by atoms with Gasteiger partial charge >= 0.3 is 0 Å². The van der Waals surface area contributed by atoms with Crippen LogP contribution in [-0.4, -0.2) is 42.4 Å². The summed E-state index contributed by atoms with van der Waals surface area (Å²) < 4.78 is 25.9. The van der Waals surface area contributed by atoms with Crippen LogP contribution < -0.4 is 4.72 Å². The predicted octanol–water partition coefficient (Wildman–Crippen LogP) is -0.527. The molecule has 0 amide bonds. The van der Waals surface area contributed by atoms with Crippen molar-refractivity contribution in [1.29, 1.82) is 0 Å². The molecule has 1 aromatic rings. The molecule has 1 heterocycles. The molecule has 0 aliphatic heterocycles. The van der Waals surface area contributed by atoms with Crippen molar-refractivity contribution in [1.82, 2.24) is 9.71 Å². The van der Waals surface area contributed by atoms with Gasteiger partial charge in [0.25, 0.3) is 10.0 Å². The number of aryl methyl sites for hydroxylation is 1. The maximum atomic E-state index is 11.8.